The van der Waals surface area contributed by atoms with Gasteiger partial charge < -0.3 is 59.1 Å². The number of phenolic OH excluding ortho intramolecular Hbond substituents is 2. The van der Waals surface area contributed by atoms with Gasteiger partial charge in [0.05, 0.1) is 49.0 Å². The van der Waals surface area contributed by atoms with E-state index in [0.29, 0.717) is 0 Å². The number of carbonyl (C=O) groups excluding carboxylic acids is 3. The number of hydroxylamine groups is 3. The number of quaternary nitrogens is 1. The molecule has 4 aliphatic rings. The third-order valence-electron chi connectivity index (χ3n) is 9.83. The number of morpholine rings is 1. The smallest absolute Gasteiger partial charge is 0.207 e. The highest BCUT2D eigenvalue weighted by molar-refractivity contribution is 6.31. The number of fused-ring (bicyclic) bond motifs is 3. The number of aliphatic hydroxyl groups excluding tert-OH is 2. The molecule has 2 aliphatic carbocycles. The number of ether oxygens (including phenoxy) is 5. The number of hydrogen-bond acceptors (Lipinski definition) is 14. The lowest BCUT2D eigenvalue weighted by Crippen LogP contribution is -2.67. The van der Waals surface area contributed by atoms with E-state index in [-0.39, 0.29) is 54.1 Å². The van der Waals surface area contributed by atoms with Gasteiger partial charge in [-0.2, -0.15) is 0 Å². The summed E-state index contributed by atoms with van der Waals surface area (Å²) in [6.45, 7) is 0.460. The number of rotatable bonds is 7. The van der Waals surface area contributed by atoms with E-state index in [0.717, 1.165) is 0 Å². The molecule has 0 aromatic heterocycles. The Bertz CT molecular complexity index is 1630. The maximum atomic E-state index is 14.0. The van der Waals surface area contributed by atoms with E-state index in [4.69, 9.17) is 23.7 Å². The number of nitrogens with zero attached hydrogens (tertiary/aromatic N) is 1. The molecule has 47 heavy (non-hydrogen) atoms. The Balaban J connectivity index is 1.44. The van der Waals surface area contributed by atoms with Crippen LogP contribution in [0.25, 0.3) is 0 Å². The topological polar surface area (TPSA) is 222 Å². The van der Waals surface area contributed by atoms with Crippen molar-refractivity contribution >= 4 is 17.3 Å². The monoisotopic (exact) mass is 659 g/mol. The van der Waals surface area contributed by atoms with Crippen LogP contribution in [-0.4, -0.2) is 124 Å². The van der Waals surface area contributed by atoms with Crippen LogP contribution < -0.4 is 4.74 Å². The number of aromatic hydroxyl groups is 2. The van der Waals surface area contributed by atoms with Crippen LogP contribution in [0.4, 0.5) is 0 Å². The van der Waals surface area contributed by atoms with Crippen molar-refractivity contribution in [3.8, 4) is 17.2 Å². The highest BCUT2D eigenvalue weighted by Crippen LogP contribution is 2.52. The van der Waals surface area contributed by atoms with Gasteiger partial charge in [0.25, 0.3) is 0 Å². The molecule has 15 heteroatoms. The fraction of sp³-hybridized carbons (Fsp3) is 0.531. The Kier molecular flexibility index (Phi) is 8.65. The summed E-state index contributed by atoms with van der Waals surface area (Å²) in [4.78, 5) is 40.4. The first-order valence-electron chi connectivity index (χ1n) is 15.2. The van der Waals surface area contributed by atoms with Crippen LogP contribution >= 0.6 is 0 Å². The SMILES string of the molecule is COc1cccc2c1C(=O)c1c(O)c3c(c(O)c1C2=O)C[C@@](O)(C(=O)CO)C[C@@H]3O[C@H]1C[C@H]([N+]2([O-])CCO[C@H](OC)C2)[C@H](O)[C@H](C)O1. The summed E-state index contributed by atoms with van der Waals surface area (Å²) in [6.07, 6.45) is -6.96. The maximum Gasteiger partial charge on any atom is 0.207 e. The minimum atomic E-state index is -2.32. The molecule has 6 rings (SSSR count). The summed E-state index contributed by atoms with van der Waals surface area (Å²) >= 11 is 0. The molecule has 8 atom stereocenters. The summed E-state index contributed by atoms with van der Waals surface area (Å²) in [6, 6.07) is 3.36. The third kappa shape index (κ3) is 5.31. The van der Waals surface area contributed by atoms with Gasteiger partial charge in [-0.05, 0) is 13.0 Å². The molecule has 5 N–H and O–H groups in total. The number of benzene rings is 2. The van der Waals surface area contributed by atoms with Gasteiger partial charge >= 0.3 is 0 Å². The molecular formula is C32H37NO14. The predicted molar refractivity (Wildman–Crippen MR) is 158 cm³/mol. The average molecular weight is 660 g/mol. The number of carbonyl (C=O) groups is 3. The summed E-state index contributed by atoms with van der Waals surface area (Å²) in [7, 11) is 2.71. The molecule has 15 nitrogen and oxygen atoms in total. The number of methoxy groups -OCH3 is 2. The fourth-order valence-electron chi connectivity index (χ4n) is 7.34. The van der Waals surface area contributed by atoms with Crippen molar-refractivity contribution in [2.45, 2.75) is 68.7 Å². The van der Waals surface area contributed by atoms with Crippen molar-refractivity contribution < 1.29 is 68.2 Å². The van der Waals surface area contributed by atoms with Gasteiger partial charge in [-0.15, -0.1) is 0 Å². The van der Waals surface area contributed by atoms with Crippen LogP contribution in [0, 0.1) is 5.21 Å². The molecule has 0 amide bonds. The normalized spacial score (nSPS) is 33.5. The molecule has 2 aliphatic heterocycles. The van der Waals surface area contributed by atoms with E-state index in [1.54, 1.807) is 6.92 Å². The van der Waals surface area contributed by atoms with E-state index in [1.165, 1.54) is 32.4 Å². The summed E-state index contributed by atoms with van der Waals surface area (Å²) in [5.74, 6) is -4.00. The Morgan fingerprint density at radius 2 is 1.83 bits per heavy atom. The second kappa shape index (κ2) is 12.2. The highest BCUT2D eigenvalue weighted by Gasteiger charge is 2.52. The van der Waals surface area contributed by atoms with Crippen molar-refractivity contribution in [3.63, 3.8) is 0 Å². The number of hydrogen-bond donors (Lipinski definition) is 5. The van der Waals surface area contributed by atoms with Gasteiger partial charge in [-0.25, -0.2) is 0 Å². The van der Waals surface area contributed by atoms with E-state index >= 15 is 0 Å². The lowest BCUT2D eigenvalue weighted by atomic mass is 9.72. The summed E-state index contributed by atoms with van der Waals surface area (Å²) < 4.78 is 27.3. The molecule has 0 spiro atoms. The Labute approximate surface area is 269 Å². The van der Waals surface area contributed by atoms with Gasteiger partial charge in [0.15, 0.2) is 17.9 Å². The first kappa shape index (κ1) is 33.4. The van der Waals surface area contributed by atoms with E-state index in [2.05, 4.69) is 0 Å². The first-order valence-corrected chi connectivity index (χ1v) is 15.2. The van der Waals surface area contributed by atoms with Gasteiger partial charge in [-0.1, -0.05) is 12.1 Å². The quantitative estimate of drug-likeness (QED) is 0.131. The molecule has 2 aromatic carbocycles. The lowest BCUT2D eigenvalue weighted by Gasteiger charge is -2.56. The predicted octanol–water partition coefficient (Wildman–Crippen LogP) is 0.360. The van der Waals surface area contributed by atoms with Crippen LogP contribution in [0.5, 0.6) is 17.2 Å². The Morgan fingerprint density at radius 1 is 1.11 bits per heavy atom. The molecule has 2 fully saturated rings. The van der Waals surface area contributed by atoms with Crippen LogP contribution in [-0.2, 0) is 30.2 Å². The second-order valence-corrected chi connectivity index (χ2v) is 12.5. The zero-order valence-electron chi connectivity index (χ0n) is 26.0. The van der Waals surface area contributed by atoms with E-state index in [9.17, 15) is 45.1 Å². The van der Waals surface area contributed by atoms with Gasteiger partial charge in [0, 0.05) is 36.6 Å². The number of Topliss-reactive ketones (excluding diaryl/α,β-unsaturated/α-hetero) is 1. The fourth-order valence-corrected chi connectivity index (χ4v) is 7.34. The third-order valence-corrected chi connectivity index (χ3v) is 9.83. The molecule has 0 radical (unpaired) electrons. The average Bonchev–Trinajstić information content (AvgIpc) is 3.05. The molecular weight excluding hydrogens is 622 g/mol. The van der Waals surface area contributed by atoms with Crippen molar-refractivity contribution in [2.75, 3.05) is 40.5 Å². The van der Waals surface area contributed by atoms with Gasteiger partial charge in [-0.3, -0.25) is 14.4 Å². The van der Waals surface area contributed by atoms with Crippen LogP contribution in [0.2, 0.25) is 0 Å². The summed E-state index contributed by atoms with van der Waals surface area (Å²) in [5.41, 5.74) is -3.96. The lowest BCUT2D eigenvalue weighted by molar-refractivity contribution is -0.926. The highest BCUT2D eigenvalue weighted by atomic mass is 16.7. The minimum absolute atomic E-state index is 0.0138. The zero-order chi connectivity index (χ0) is 34.0. The van der Waals surface area contributed by atoms with Crippen LogP contribution in [0.3, 0.4) is 0 Å². The van der Waals surface area contributed by atoms with Crippen molar-refractivity contribution in [1.29, 1.82) is 0 Å². The number of ketones is 3. The number of phenols is 2. The maximum absolute atomic E-state index is 14.0. The van der Waals surface area contributed by atoms with Crippen molar-refractivity contribution in [3.05, 3.63) is 56.8 Å². The molecule has 2 heterocycles. The molecule has 2 aromatic rings. The molecule has 254 valence electrons. The second-order valence-electron chi connectivity index (χ2n) is 12.5. The molecule has 0 saturated carbocycles. The summed E-state index contributed by atoms with van der Waals surface area (Å²) in [5, 5.41) is 69.4. The Morgan fingerprint density at radius 3 is 2.51 bits per heavy atom. The van der Waals surface area contributed by atoms with E-state index < -0.39 is 107 Å². The van der Waals surface area contributed by atoms with Crippen molar-refractivity contribution in [2.24, 2.45) is 0 Å². The Hall–Kier alpha value is -3.51. The van der Waals surface area contributed by atoms with Crippen LogP contribution in [0.1, 0.15) is 68.8 Å². The zero-order valence-corrected chi connectivity index (χ0v) is 26.0. The van der Waals surface area contributed by atoms with Crippen LogP contribution in [0.15, 0.2) is 18.2 Å². The number of aliphatic hydroxyl groups is 3. The van der Waals surface area contributed by atoms with Crippen molar-refractivity contribution in [1.82, 2.24) is 0 Å². The van der Waals surface area contributed by atoms with E-state index in [1.807, 2.05) is 0 Å². The minimum Gasteiger partial charge on any atom is -0.632 e. The molecule has 0 bridgehead atoms. The first-order chi connectivity index (χ1) is 22.3. The molecule has 2 saturated heterocycles. The molecule has 1 unspecified atom stereocenters. The van der Waals surface area contributed by atoms with Gasteiger partial charge in [0.2, 0.25) is 12.1 Å². The standard InChI is InChI=1S/C32H37NO14/c1-14-27(36)17(33(42)7-8-45-22(12-33)44-3)9-21(46-14)47-19-11-32(41,20(35)13-34)10-16-24(19)31(40)26-25(29(16)38)28(37)15-5-4-6-18(43-2)23(15)30(26)39/h4-6,14,17,19,21-22,27,34,36,38,40-41H,7-13H2,1-3H3/t14-,17-,19-,21-,22-,27+,32-,33?/m0/s1. The largest absolute Gasteiger partial charge is 0.632 e. The van der Waals surface area contributed by atoms with Gasteiger partial charge in [0.1, 0.15) is 54.7 Å².